The molecule has 0 aliphatic heterocycles. The minimum atomic E-state index is -0.257. The van der Waals surface area contributed by atoms with Crippen LogP contribution >= 0.6 is 0 Å². The van der Waals surface area contributed by atoms with Gasteiger partial charge in [0.15, 0.2) is 5.76 Å². The third-order valence-corrected chi connectivity index (χ3v) is 4.55. The number of amides is 1. The lowest BCUT2D eigenvalue weighted by molar-refractivity contribution is 0.0927. The quantitative estimate of drug-likeness (QED) is 0.554. The van der Waals surface area contributed by atoms with Crippen LogP contribution in [0.4, 0.5) is 0 Å². The fourth-order valence-corrected chi connectivity index (χ4v) is 3.16. The van der Waals surface area contributed by atoms with Crippen molar-refractivity contribution in [3.05, 3.63) is 76.5 Å². The average Bonchev–Trinajstić information content (AvgIpc) is 3.11. The molecule has 2 heterocycles. The Morgan fingerprint density at radius 1 is 1.15 bits per heavy atom. The molecule has 6 nitrogen and oxygen atoms in total. The molecule has 0 saturated carbocycles. The fraction of sp³-hybridized carbons (Fsp3) is 0.190. The number of rotatable bonds is 5. The zero-order valence-electron chi connectivity index (χ0n) is 14.9. The second-order valence-corrected chi connectivity index (χ2v) is 6.39. The first kappa shape index (κ1) is 17.0. The van der Waals surface area contributed by atoms with Crippen molar-refractivity contribution in [3.63, 3.8) is 0 Å². The Hall–Kier alpha value is -3.41. The van der Waals surface area contributed by atoms with E-state index in [2.05, 4.69) is 10.3 Å². The van der Waals surface area contributed by atoms with Crippen LogP contribution in [0, 0.1) is 6.92 Å². The normalized spacial score (nSPS) is 11.1. The standard InChI is InChI=1S/C21H19N3O3/c1-14-23-17-9-4-3-8-16(17)21(26)24(14)12-6-11-22-20(25)19-13-15-7-2-5-10-18(15)27-19/h2-5,7-10,13H,6,11-12H2,1H3,(H,22,25). The average molecular weight is 361 g/mol. The van der Waals surface area contributed by atoms with Gasteiger partial charge in [-0.2, -0.15) is 0 Å². The SMILES string of the molecule is Cc1nc2ccccc2c(=O)n1CCCNC(=O)c1cc2ccccc2o1. The van der Waals surface area contributed by atoms with Crippen molar-refractivity contribution in [2.24, 2.45) is 0 Å². The van der Waals surface area contributed by atoms with E-state index in [4.69, 9.17) is 4.42 Å². The first-order valence-electron chi connectivity index (χ1n) is 8.86. The predicted molar refractivity (Wildman–Crippen MR) is 104 cm³/mol. The minimum Gasteiger partial charge on any atom is -0.451 e. The molecule has 0 fully saturated rings. The highest BCUT2D eigenvalue weighted by Gasteiger charge is 2.12. The Kier molecular flexibility index (Phi) is 4.46. The van der Waals surface area contributed by atoms with E-state index in [1.807, 2.05) is 49.4 Å². The van der Waals surface area contributed by atoms with Gasteiger partial charge in [-0.25, -0.2) is 4.98 Å². The Balaban J connectivity index is 1.41. The van der Waals surface area contributed by atoms with Crippen LogP contribution in [0.1, 0.15) is 22.8 Å². The molecule has 2 aromatic carbocycles. The van der Waals surface area contributed by atoms with Gasteiger partial charge in [0.25, 0.3) is 11.5 Å². The molecule has 0 unspecified atom stereocenters. The summed E-state index contributed by atoms with van der Waals surface area (Å²) >= 11 is 0. The van der Waals surface area contributed by atoms with Crippen LogP contribution < -0.4 is 10.9 Å². The summed E-state index contributed by atoms with van der Waals surface area (Å²) in [5.74, 6) is 0.700. The third-order valence-electron chi connectivity index (χ3n) is 4.55. The van der Waals surface area contributed by atoms with Gasteiger partial charge < -0.3 is 9.73 Å². The van der Waals surface area contributed by atoms with E-state index in [1.165, 1.54) is 0 Å². The molecule has 1 N–H and O–H groups in total. The summed E-state index contributed by atoms with van der Waals surface area (Å²) < 4.78 is 7.20. The van der Waals surface area contributed by atoms with E-state index in [9.17, 15) is 9.59 Å². The molecule has 136 valence electrons. The van der Waals surface area contributed by atoms with Crippen molar-refractivity contribution in [2.75, 3.05) is 6.54 Å². The molecule has 0 aliphatic carbocycles. The van der Waals surface area contributed by atoms with E-state index in [0.717, 1.165) is 5.39 Å². The highest BCUT2D eigenvalue weighted by atomic mass is 16.3. The van der Waals surface area contributed by atoms with E-state index in [-0.39, 0.29) is 17.2 Å². The van der Waals surface area contributed by atoms with Gasteiger partial charge >= 0.3 is 0 Å². The number of benzene rings is 2. The van der Waals surface area contributed by atoms with Crippen LogP contribution in [0.25, 0.3) is 21.9 Å². The Bertz CT molecular complexity index is 1160. The summed E-state index contributed by atoms with van der Waals surface area (Å²) in [5, 5.41) is 4.34. The summed E-state index contributed by atoms with van der Waals surface area (Å²) in [7, 11) is 0. The van der Waals surface area contributed by atoms with Gasteiger partial charge in [0.2, 0.25) is 0 Å². The van der Waals surface area contributed by atoms with Crippen LogP contribution in [0.5, 0.6) is 0 Å². The predicted octanol–water partition coefficient (Wildman–Crippen LogP) is 3.27. The molecule has 0 bridgehead atoms. The number of aryl methyl sites for hydroxylation is 1. The highest BCUT2D eigenvalue weighted by Crippen LogP contribution is 2.18. The number of hydrogen-bond donors (Lipinski definition) is 1. The molecule has 4 aromatic rings. The molecule has 0 saturated heterocycles. The van der Waals surface area contributed by atoms with Crippen molar-refractivity contribution in [1.82, 2.24) is 14.9 Å². The van der Waals surface area contributed by atoms with Gasteiger partial charge in [-0.1, -0.05) is 30.3 Å². The number of hydrogen-bond acceptors (Lipinski definition) is 4. The molecular weight excluding hydrogens is 342 g/mol. The fourth-order valence-electron chi connectivity index (χ4n) is 3.16. The van der Waals surface area contributed by atoms with E-state index in [0.29, 0.717) is 41.8 Å². The third kappa shape index (κ3) is 3.33. The first-order valence-corrected chi connectivity index (χ1v) is 8.86. The summed E-state index contributed by atoms with van der Waals surface area (Å²) in [5.41, 5.74) is 1.34. The molecular formula is C21H19N3O3. The van der Waals surface area contributed by atoms with Gasteiger partial charge in [0.1, 0.15) is 11.4 Å². The van der Waals surface area contributed by atoms with Crippen molar-refractivity contribution in [2.45, 2.75) is 19.9 Å². The zero-order valence-corrected chi connectivity index (χ0v) is 14.9. The van der Waals surface area contributed by atoms with E-state index in [1.54, 1.807) is 16.7 Å². The Morgan fingerprint density at radius 3 is 2.78 bits per heavy atom. The molecule has 0 spiro atoms. The monoisotopic (exact) mass is 361 g/mol. The summed E-state index contributed by atoms with van der Waals surface area (Å²) in [4.78, 5) is 29.4. The van der Waals surface area contributed by atoms with Crippen LogP contribution in [0.3, 0.4) is 0 Å². The van der Waals surface area contributed by atoms with Gasteiger partial charge in [0, 0.05) is 18.5 Å². The number of para-hydroxylation sites is 2. The maximum atomic E-state index is 12.6. The number of fused-ring (bicyclic) bond motifs is 2. The maximum absolute atomic E-state index is 12.6. The van der Waals surface area contributed by atoms with Crippen molar-refractivity contribution in [1.29, 1.82) is 0 Å². The van der Waals surface area contributed by atoms with Gasteiger partial charge in [0.05, 0.1) is 10.9 Å². The lowest BCUT2D eigenvalue weighted by Crippen LogP contribution is -2.28. The summed E-state index contributed by atoms with van der Waals surface area (Å²) in [6.45, 7) is 2.75. The number of carbonyl (C=O) groups is 1. The number of nitrogens with zero attached hydrogens (tertiary/aromatic N) is 2. The van der Waals surface area contributed by atoms with Crippen molar-refractivity contribution in [3.8, 4) is 0 Å². The first-order chi connectivity index (χ1) is 13.1. The summed E-state index contributed by atoms with van der Waals surface area (Å²) in [6, 6.07) is 16.5. The number of aromatic nitrogens is 2. The molecule has 1 amide bonds. The van der Waals surface area contributed by atoms with Crippen molar-refractivity contribution >= 4 is 27.8 Å². The number of nitrogens with one attached hydrogen (secondary N) is 1. The number of carbonyl (C=O) groups excluding carboxylic acids is 1. The zero-order chi connectivity index (χ0) is 18.8. The second kappa shape index (κ2) is 7.07. The molecule has 27 heavy (non-hydrogen) atoms. The van der Waals surface area contributed by atoms with E-state index >= 15 is 0 Å². The van der Waals surface area contributed by atoms with Crippen LogP contribution in [-0.4, -0.2) is 22.0 Å². The molecule has 0 aliphatic rings. The Morgan fingerprint density at radius 2 is 1.93 bits per heavy atom. The molecule has 4 rings (SSSR count). The second-order valence-electron chi connectivity index (χ2n) is 6.39. The minimum absolute atomic E-state index is 0.0540. The van der Waals surface area contributed by atoms with Gasteiger partial charge in [-0.3, -0.25) is 14.2 Å². The lowest BCUT2D eigenvalue weighted by atomic mass is 10.2. The van der Waals surface area contributed by atoms with Gasteiger partial charge in [-0.05, 0) is 37.6 Å². The van der Waals surface area contributed by atoms with Crippen molar-refractivity contribution < 1.29 is 9.21 Å². The largest absolute Gasteiger partial charge is 0.451 e. The molecule has 0 radical (unpaired) electrons. The van der Waals surface area contributed by atoms with Gasteiger partial charge in [-0.15, -0.1) is 0 Å². The smallest absolute Gasteiger partial charge is 0.287 e. The maximum Gasteiger partial charge on any atom is 0.287 e. The highest BCUT2D eigenvalue weighted by molar-refractivity contribution is 5.96. The van der Waals surface area contributed by atoms with Crippen LogP contribution in [-0.2, 0) is 6.54 Å². The molecule has 0 atom stereocenters. The number of furan rings is 1. The Labute approximate surface area is 155 Å². The lowest BCUT2D eigenvalue weighted by Gasteiger charge is -2.11. The summed E-state index contributed by atoms with van der Waals surface area (Å²) in [6.07, 6.45) is 0.618. The molecule has 2 aromatic heterocycles. The topological polar surface area (TPSA) is 77.1 Å². The van der Waals surface area contributed by atoms with Crippen LogP contribution in [0.15, 0.2) is 63.8 Å². The van der Waals surface area contributed by atoms with Crippen LogP contribution in [0.2, 0.25) is 0 Å². The van der Waals surface area contributed by atoms with E-state index < -0.39 is 0 Å². The molecule has 6 heteroatoms.